The van der Waals surface area contributed by atoms with Gasteiger partial charge in [0.15, 0.2) is 0 Å². The summed E-state index contributed by atoms with van der Waals surface area (Å²) in [5.74, 6) is -1.09. The topological polar surface area (TPSA) is 46.5 Å². The van der Waals surface area contributed by atoms with Crippen LogP contribution in [0.15, 0.2) is 12.1 Å². The summed E-state index contributed by atoms with van der Waals surface area (Å²) in [5.41, 5.74) is 0.786. The predicted molar refractivity (Wildman–Crippen MR) is 54.2 cm³/mol. The van der Waals surface area contributed by atoms with Crippen LogP contribution in [0.5, 0.6) is 5.75 Å². The van der Waals surface area contributed by atoms with Gasteiger partial charge in [-0.15, -0.1) is 0 Å². The van der Waals surface area contributed by atoms with Crippen molar-refractivity contribution in [2.24, 2.45) is 0 Å². The van der Waals surface area contributed by atoms with Crippen LogP contribution in [0.2, 0.25) is 5.02 Å². The zero-order chi connectivity index (χ0) is 12.3. The number of hydrogen-bond donors (Lipinski definition) is 1. The Morgan fingerprint density at radius 2 is 2.19 bits per heavy atom. The first-order chi connectivity index (χ1) is 7.40. The van der Waals surface area contributed by atoms with Gasteiger partial charge < -0.3 is 9.84 Å². The highest BCUT2D eigenvalue weighted by molar-refractivity contribution is 6.31. The minimum atomic E-state index is -2.93. The molecule has 1 aromatic carbocycles. The van der Waals surface area contributed by atoms with Gasteiger partial charge in [0.05, 0.1) is 6.42 Å². The Balaban J connectivity index is 3.01. The number of rotatable bonds is 4. The minimum Gasteiger partial charge on any atom is -0.481 e. The summed E-state index contributed by atoms with van der Waals surface area (Å²) < 4.78 is 28.2. The Kier molecular flexibility index (Phi) is 4.06. The third-order valence-electron chi connectivity index (χ3n) is 1.90. The summed E-state index contributed by atoms with van der Waals surface area (Å²) >= 11 is 5.74. The first kappa shape index (κ1) is 12.7. The third kappa shape index (κ3) is 3.34. The highest BCUT2D eigenvalue weighted by Gasteiger charge is 2.12. The Bertz CT molecular complexity index is 407. The molecule has 0 aliphatic carbocycles. The summed E-state index contributed by atoms with van der Waals surface area (Å²) in [6, 6.07) is 2.62. The maximum absolute atomic E-state index is 12.0. The van der Waals surface area contributed by atoms with E-state index in [1.54, 1.807) is 6.92 Å². The second-order valence-corrected chi connectivity index (χ2v) is 3.57. The second kappa shape index (κ2) is 5.12. The van der Waals surface area contributed by atoms with Crippen LogP contribution in [0.25, 0.3) is 0 Å². The second-order valence-electron chi connectivity index (χ2n) is 3.16. The van der Waals surface area contributed by atoms with Gasteiger partial charge in [-0.05, 0) is 24.1 Å². The average molecular weight is 251 g/mol. The molecule has 0 heterocycles. The smallest absolute Gasteiger partial charge is 0.387 e. The number of carbonyl (C=O) groups is 1. The molecule has 1 aromatic rings. The van der Waals surface area contributed by atoms with Gasteiger partial charge in [-0.25, -0.2) is 0 Å². The number of ether oxygens (including phenoxy) is 1. The fourth-order valence-corrected chi connectivity index (χ4v) is 1.46. The van der Waals surface area contributed by atoms with Crippen LogP contribution in [0.4, 0.5) is 8.78 Å². The van der Waals surface area contributed by atoms with Crippen molar-refractivity contribution < 1.29 is 23.4 Å². The molecule has 88 valence electrons. The molecule has 0 bridgehead atoms. The Labute approximate surface area is 95.6 Å². The SMILES string of the molecule is Cc1cc(CC(=O)O)c(Cl)cc1OC(F)F. The standard InChI is InChI=1S/C10H9ClF2O3/c1-5-2-6(3-9(14)15)7(11)4-8(5)16-10(12)13/h2,4,10H,3H2,1H3,(H,14,15). The zero-order valence-corrected chi connectivity index (χ0v) is 9.09. The number of aryl methyl sites for hydroxylation is 1. The van der Waals surface area contributed by atoms with E-state index in [1.807, 2.05) is 0 Å². The molecular weight excluding hydrogens is 242 g/mol. The maximum atomic E-state index is 12.0. The predicted octanol–water partition coefficient (Wildman–Crippen LogP) is 2.88. The molecular formula is C10H9ClF2O3. The molecule has 0 aliphatic rings. The maximum Gasteiger partial charge on any atom is 0.387 e. The lowest BCUT2D eigenvalue weighted by Crippen LogP contribution is -2.05. The summed E-state index contributed by atoms with van der Waals surface area (Å²) in [4.78, 5) is 10.5. The van der Waals surface area contributed by atoms with Gasteiger partial charge in [-0.1, -0.05) is 17.7 Å². The first-order valence-electron chi connectivity index (χ1n) is 4.35. The number of halogens is 3. The van der Waals surface area contributed by atoms with E-state index in [-0.39, 0.29) is 17.2 Å². The molecule has 1 rings (SSSR count). The van der Waals surface area contributed by atoms with Crippen molar-refractivity contribution in [2.75, 3.05) is 0 Å². The Morgan fingerprint density at radius 3 is 2.69 bits per heavy atom. The molecule has 0 atom stereocenters. The summed E-state index contributed by atoms with van der Waals surface area (Å²) in [5, 5.41) is 8.69. The third-order valence-corrected chi connectivity index (χ3v) is 2.25. The lowest BCUT2D eigenvalue weighted by molar-refractivity contribution is -0.136. The van der Waals surface area contributed by atoms with Crippen molar-refractivity contribution in [3.05, 3.63) is 28.3 Å². The molecule has 1 N–H and O–H groups in total. The number of hydrogen-bond acceptors (Lipinski definition) is 2. The van der Waals surface area contributed by atoms with Crippen LogP contribution in [0.1, 0.15) is 11.1 Å². The van der Waals surface area contributed by atoms with Crippen molar-refractivity contribution in [2.45, 2.75) is 20.0 Å². The van der Waals surface area contributed by atoms with E-state index in [2.05, 4.69) is 4.74 Å². The average Bonchev–Trinajstić information content (AvgIpc) is 2.11. The molecule has 0 saturated heterocycles. The quantitative estimate of drug-likeness (QED) is 0.894. The van der Waals surface area contributed by atoms with Gasteiger partial charge in [0.2, 0.25) is 0 Å². The molecule has 0 spiro atoms. The van der Waals surface area contributed by atoms with E-state index in [9.17, 15) is 13.6 Å². The largest absolute Gasteiger partial charge is 0.481 e. The van der Waals surface area contributed by atoms with Gasteiger partial charge in [0, 0.05) is 5.02 Å². The van der Waals surface area contributed by atoms with Gasteiger partial charge in [-0.3, -0.25) is 4.79 Å². The Morgan fingerprint density at radius 1 is 1.56 bits per heavy atom. The molecule has 0 radical (unpaired) electrons. The number of carboxylic acids is 1. The van der Waals surface area contributed by atoms with E-state index in [1.165, 1.54) is 12.1 Å². The highest BCUT2D eigenvalue weighted by atomic mass is 35.5. The van der Waals surface area contributed by atoms with E-state index < -0.39 is 12.6 Å². The van der Waals surface area contributed by atoms with Gasteiger partial charge in [0.25, 0.3) is 0 Å². The fourth-order valence-electron chi connectivity index (χ4n) is 1.24. The van der Waals surface area contributed by atoms with E-state index >= 15 is 0 Å². The fraction of sp³-hybridized carbons (Fsp3) is 0.300. The van der Waals surface area contributed by atoms with Crippen molar-refractivity contribution in [1.29, 1.82) is 0 Å². The van der Waals surface area contributed by atoms with Crippen LogP contribution >= 0.6 is 11.6 Å². The molecule has 0 saturated carbocycles. The molecule has 6 heteroatoms. The van der Waals surface area contributed by atoms with Crippen molar-refractivity contribution >= 4 is 17.6 Å². The monoisotopic (exact) mass is 250 g/mol. The Hall–Kier alpha value is -1.36. The normalized spacial score (nSPS) is 10.6. The van der Waals surface area contributed by atoms with Crippen LogP contribution in [-0.2, 0) is 11.2 Å². The number of aliphatic carboxylic acids is 1. The van der Waals surface area contributed by atoms with Crippen LogP contribution in [0, 0.1) is 6.92 Å². The van der Waals surface area contributed by atoms with Crippen LogP contribution in [0.3, 0.4) is 0 Å². The summed E-state index contributed by atoms with van der Waals surface area (Å²) in [7, 11) is 0. The minimum absolute atomic E-state index is 0.0471. The lowest BCUT2D eigenvalue weighted by atomic mass is 10.1. The molecule has 0 aliphatic heterocycles. The van der Waals surface area contributed by atoms with Crippen LogP contribution < -0.4 is 4.74 Å². The molecule has 0 unspecified atom stereocenters. The number of carboxylic acid groups (broad SMARTS) is 1. The zero-order valence-electron chi connectivity index (χ0n) is 8.34. The lowest BCUT2D eigenvalue weighted by Gasteiger charge is -2.10. The molecule has 3 nitrogen and oxygen atoms in total. The van der Waals surface area contributed by atoms with E-state index in [0.29, 0.717) is 11.1 Å². The molecule has 0 aromatic heterocycles. The summed E-state index contributed by atoms with van der Waals surface area (Å²) in [6.07, 6.45) is -0.255. The van der Waals surface area contributed by atoms with Crippen molar-refractivity contribution in [1.82, 2.24) is 0 Å². The van der Waals surface area contributed by atoms with Gasteiger partial charge in [0.1, 0.15) is 5.75 Å². The number of benzene rings is 1. The van der Waals surface area contributed by atoms with Gasteiger partial charge in [-0.2, -0.15) is 8.78 Å². The number of alkyl halides is 2. The van der Waals surface area contributed by atoms with E-state index in [0.717, 1.165) is 0 Å². The van der Waals surface area contributed by atoms with Crippen molar-refractivity contribution in [3.8, 4) is 5.75 Å². The van der Waals surface area contributed by atoms with Crippen molar-refractivity contribution in [3.63, 3.8) is 0 Å². The van der Waals surface area contributed by atoms with Gasteiger partial charge >= 0.3 is 12.6 Å². The molecule has 0 fully saturated rings. The summed E-state index contributed by atoms with van der Waals surface area (Å²) in [6.45, 7) is -1.39. The van der Waals surface area contributed by atoms with Crippen LogP contribution in [-0.4, -0.2) is 17.7 Å². The highest BCUT2D eigenvalue weighted by Crippen LogP contribution is 2.28. The molecule has 16 heavy (non-hydrogen) atoms. The molecule has 0 amide bonds. The van der Waals surface area contributed by atoms with E-state index in [4.69, 9.17) is 16.7 Å². The first-order valence-corrected chi connectivity index (χ1v) is 4.73.